The van der Waals surface area contributed by atoms with Gasteiger partial charge in [0.15, 0.2) is 0 Å². The summed E-state index contributed by atoms with van der Waals surface area (Å²) >= 11 is 0. The number of hydrogen-bond donors (Lipinski definition) is 2. The third-order valence-corrected chi connectivity index (χ3v) is 2.68. The fourth-order valence-electron chi connectivity index (χ4n) is 1.73. The minimum absolute atomic E-state index is 0.311. The largest absolute Gasteiger partial charge is 0.283 e. The Bertz CT molecular complexity index is 410. The molecule has 0 saturated carbocycles. The lowest BCUT2D eigenvalue weighted by molar-refractivity contribution is 0.232. The van der Waals surface area contributed by atoms with E-state index in [1.165, 1.54) is 5.56 Å². The molecule has 1 saturated heterocycles. The SMILES string of the molecule is C=C/C=C\C=C/C.CC.CN1NCNC1c1ccccc1. The van der Waals surface area contributed by atoms with Crippen LogP contribution < -0.4 is 10.7 Å². The first-order valence-corrected chi connectivity index (χ1v) is 7.44. The molecule has 1 fully saturated rings. The predicted octanol–water partition coefficient (Wildman–Crippen LogP) is 4.01. The van der Waals surface area contributed by atoms with E-state index < -0.39 is 0 Å². The van der Waals surface area contributed by atoms with Gasteiger partial charge in [0.1, 0.15) is 0 Å². The van der Waals surface area contributed by atoms with E-state index in [4.69, 9.17) is 0 Å². The quantitative estimate of drug-likeness (QED) is 0.822. The van der Waals surface area contributed by atoms with Gasteiger partial charge in [-0.1, -0.05) is 81.1 Å². The molecule has 3 nitrogen and oxygen atoms in total. The van der Waals surface area contributed by atoms with Gasteiger partial charge >= 0.3 is 0 Å². The molecule has 0 bridgehead atoms. The molecular formula is C18H29N3. The Morgan fingerprint density at radius 3 is 2.29 bits per heavy atom. The number of hydrogen-bond acceptors (Lipinski definition) is 3. The van der Waals surface area contributed by atoms with Crippen molar-refractivity contribution >= 4 is 0 Å². The fraction of sp³-hybridized carbons (Fsp3) is 0.333. The van der Waals surface area contributed by atoms with Gasteiger partial charge in [0.25, 0.3) is 0 Å². The molecule has 0 radical (unpaired) electrons. The van der Waals surface area contributed by atoms with Crippen molar-refractivity contribution in [2.24, 2.45) is 0 Å². The highest BCUT2D eigenvalue weighted by Gasteiger charge is 2.20. The van der Waals surface area contributed by atoms with Gasteiger partial charge in [0, 0.05) is 7.05 Å². The Labute approximate surface area is 130 Å². The van der Waals surface area contributed by atoms with Crippen LogP contribution in [0.25, 0.3) is 0 Å². The lowest BCUT2D eigenvalue weighted by Crippen LogP contribution is -2.28. The molecule has 1 atom stereocenters. The second-order valence-corrected chi connectivity index (χ2v) is 4.11. The molecule has 1 aromatic carbocycles. The van der Waals surface area contributed by atoms with E-state index in [0.29, 0.717) is 6.17 Å². The molecule has 1 aromatic rings. The summed E-state index contributed by atoms with van der Waals surface area (Å²) in [5, 5.41) is 5.42. The van der Waals surface area contributed by atoms with Crippen LogP contribution >= 0.6 is 0 Å². The summed E-state index contributed by atoms with van der Waals surface area (Å²) in [6.07, 6.45) is 9.82. The zero-order valence-electron chi connectivity index (χ0n) is 13.7. The van der Waals surface area contributed by atoms with Crippen LogP contribution in [0.15, 0.2) is 67.3 Å². The summed E-state index contributed by atoms with van der Waals surface area (Å²) in [6.45, 7) is 10.3. The molecule has 2 N–H and O–H groups in total. The van der Waals surface area contributed by atoms with Gasteiger partial charge in [0.2, 0.25) is 0 Å². The van der Waals surface area contributed by atoms with Gasteiger partial charge in [-0.05, 0) is 12.5 Å². The van der Waals surface area contributed by atoms with Crippen molar-refractivity contribution in [1.82, 2.24) is 15.8 Å². The first kappa shape index (κ1) is 19.3. The average molecular weight is 287 g/mol. The highest BCUT2D eigenvalue weighted by molar-refractivity contribution is 5.18. The molecule has 0 spiro atoms. The maximum atomic E-state index is 3.51. The van der Waals surface area contributed by atoms with Crippen molar-refractivity contribution in [3.63, 3.8) is 0 Å². The van der Waals surface area contributed by atoms with Crippen LogP contribution in [0.4, 0.5) is 0 Å². The summed E-state index contributed by atoms with van der Waals surface area (Å²) in [5.41, 5.74) is 4.49. The zero-order chi connectivity index (χ0) is 15.9. The topological polar surface area (TPSA) is 27.3 Å². The fourth-order valence-corrected chi connectivity index (χ4v) is 1.73. The third-order valence-electron chi connectivity index (χ3n) is 2.68. The van der Waals surface area contributed by atoms with Gasteiger partial charge in [-0.15, -0.1) is 0 Å². The molecule has 1 aliphatic heterocycles. The van der Waals surface area contributed by atoms with Crippen LogP contribution in [0.1, 0.15) is 32.5 Å². The molecule has 116 valence electrons. The first-order valence-electron chi connectivity index (χ1n) is 7.44. The van der Waals surface area contributed by atoms with Gasteiger partial charge in [0.05, 0.1) is 12.8 Å². The van der Waals surface area contributed by atoms with Crippen molar-refractivity contribution in [2.45, 2.75) is 26.9 Å². The van der Waals surface area contributed by atoms with E-state index in [0.717, 1.165) is 6.67 Å². The molecule has 2 rings (SSSR count). The highest BCUT2D eigenvalue weighted by atomic mass is 15.6. The second-order valence-electron chi connectivity index (χ2n) is 4.11. The molecule has 0 aliphatic carbocycles. The van der Waals surface area contributed by atoms with Crippen LogP contribution in [-0.2, 0) is 0 Å². The molecule has 1 aliphatic rings. The maximum absolute atomic E-state index is 3.51. The average Bonchev–Trinajstić information content (AvgIpc) is 2.97. The molecular weight excluding hydrogens is 258 g/mol. The Morgan fingerprint density at radius 2 is 1.81 bits per heavy atom. The van der Waals surface area contributed by atoms with Crippen molar-refractivity contribution in [3.05, 3.63) is 72.9 Å². The number of nitrogens with one attached hydrogen (secondary N) is 2. The molecule has 3 heteroatoms. The Morgan fingerprint density at radius 1 is 1.14 bits per heavy atom. The number of allylic oxidation sites excluding steroid dienone is 5. The molecule has 0 aromatic heterocycles. The van der Waals surface area contributed by atoms with Crippen molar-refractivity contribution in [3.8, 4) is 0 Å². The van der Waals surface area contributed by atoms with Crippen LogP contribution in [0.5, 0.6) is 0 Å². The van der Waals surface area contributed by atoms with Gasteiger partial charge < -0.3 is 0 Å². The number of benzene rings is 1. The summed E-state index contributed by atoms with van der Waals surface area (Å²) in [5.74, 6) is 0. The number of hydrazine groups is 1. The van der Waals surface area contributed by atoms with E-state index in [1.807, 2.05) is 58.2 Å². The van der Waals surface area contributed by atoms with Gasteiger partial charge in [-0.25, -0.2) is 10.4 Å². The van der Waals surface area contributed by atoms with E-state index in [-0.39, 0.29) is 0 Å². The van der Waals surface area contributed by atoms with Crippen molar-refractivity contribution in [2.75, 3.05) is 13.7 Å². The highest BCUT2D eigenvalue weighted by Crippen LogP contribution is 2.16. The number of rotatable bonds is 3. The lowest BCUT2D eigenvalue weighted by Gasteiger charge is -2.18. The van der Waals surface area contributed by atoms with Crippen LogP contribution in [-0.4, -0.2) is 18.7 Å². The van der Waals surface area contributed by atoms with E-state index >= 15 is 0 Å². The standard InChI is InChI=1S/C9H13N3.C7H10.C2H6/c1-12-9(10-7-11-12)8-5-3-2-4-6-8;1-3-5-7-6-4-2;1-2/h2-6,9-11H,7H2,1H3;3-7H,1H2,2H3;1-2H3/b;6-4-,7-5-;. The summed E-state index contributed by atoms with van der Waals surface area (Å²) in [6, 6.07) is 10.4. The summed E-state index contributed by atoms with van der Waals surface area (Å²) in [7, 11) is 2.04. The van der Waals surface area contributed by atoms with Gasteiger partial charge in [-0.2, -0.15) is 0 Å². The first-order chi connectivity index (χ1) is 10.3. The van der Waals surface area contributed by atoms with Crippen molar-refractivity contribution < 1.29 is 0 Å². The minimum atomic E-state index is 0.311. The molecule has 0 amide bonds. The van der Waals surface area contributed by atoms with Crippen LogP contribution in [0, 0.1) is 0 Å². The Balaban J connectivity index is 0.000000385. The smallest absolute Gasteiger partial charge is 0.0999 e. The van der Waals surface area contributed by atoms with Crippen LogP contribution in [0.3, 0.4) is 0 Å². The van der Waals surface area contributed by atoms with Gasteiger partial charge in [-0.3, -0.25) is 5.32 Å². The predicted molar refractivity (Wildman–Crippen MR) is 93.6 cm³/mol. The minimum Gasteiger partial charge on any atom is -0.283 e. The summed E-state index contributed by atoms with van der Waals surface area (Å²) < 4.78 is 0. The third kappa shape index (κ3) is 8.25. The van der Waals surface area contributed by atoms with E-state index in [1.54, 1.807) is 6.08 Å². The van der Waals surface area contributed by atoms with E-state index in [9.17, 15) is 0 Å². The maximum Gasteiger partial charge on any atom is 0.0999 e. The normalized spacial score (nSPS) is 18.0. The monoisotopic (exact) mass is 287 g/mol. The summed E-state index contributed by atoms with van der Waals surface area (Å²) in [4.78, 5) is 0. The molecule has 21 heavy (non-hydrogen) atoms. The number of nitrogens with zero attached hydrogens (tertiary/aromatic N) is 1. The Hall–Kier alpha value is -1.68. The van der Waals surface area contributed by atoms with Crippen molar-refractivity contribution in [1.29, 1.82) is 0 Å². The van der Waals surface area contributed by atoms with Crippen LogP contribution in [0.2, 0.25) is 0 Å². The molecule has 1 unspecified atom stereocenters. The zero-order valence-corrected chi connectivity index (χ0v) is 13.7. The Kier molecular flexibility index (Phi) is 12.2. The molecule has 1 heterocycles. The second kappa shape index (κ2) is 13.3. The van der Waals surface area contributed by atoms with E-state index in [2.05, 4.69) is 46.6 Å². The lowest BCUT2D eigenvalue weighted by atomic mass is 10.2.